The van der Waals surface area contributed by atoms with Gasteiger partial charge in [0.25, 0.3) is 16.1 Å². The number of carbonyl (C=O) groups is 4. The van der Waals surface area contributed by atoms with Gasteiger partial charge < -0.3 is 50.6 Å². The number of amides is 4. The summed E-state index contributed by atoms with van der Waals surface area (Å²) in [7, 11) is -5.28. The second-order valence-electron chi connectivity index (χ2n) is 10.2. The van der Waals surface area contributed by atoms with Crippen molar-refractivity contribution in [1.29, 1.82) is 0 Å². The number of imide groups is 1. The van der Waals surface area contributed by atoms with Gasteiger partial charge in [-0.1, -0.05) is 9.24 Å². The van der Waals surface area contributed by atoms with Crippen LogP contribution in [0.3, 0.4) is 0 Å². The van der Waals surface area contributed by atoms with Crippen LogP contribution in [-0.2, 0) is 36.0 Å². The monoisotopic (exact) mass is 742 g/mol. The molecule has 26 heteroatoms. The second-order valence-corrected chi connectivity index (χ2v) is 12.5. The molecule has 6 N–H and O–H groups in total. The first-order valence-electron chi connectivity index (χ1n) is 13.0. The van der Waals surface area contributed by atoms with Gasteiger partial charge in [0.05, 0.1) is 30.4 Å². The fourth-order valence-electron chi connectivity index (χ4n) is 3.67. The van der Waals surface area contributed by atoms with Crippen molar-refractivity contribution in [2.75, 3.05) is 12.3 Å². The number of nitrogens with zero attached hydrogens (tertiary/aromatic N) is 7. The number of nitrogen functional groups attached to an aromatic ring is 1. The Hall–Kier alpha value is -3.62. The van der Waals surface area contributed by atoms with Crippen LogP contribution in [0.25, 0.3) is 16.2 Å². The number of carbonyl (C=O) groups excluding carboxylic acids is 4. The number of aromatic hydroxyl groups is 1. The van der Waals surface area contributed by atoms with Crippen molar-refractivity contribution in [3.8, 4) is 17.3 Å². The Labute approximate surface area is 323 Å². The number of aliphatic carboxylic acids is 1. The normalized spacial score (nSPS) is 15.3. The van der Waals surface area contributed by atoms with Gasteiger partial charge in [0.15, 0.2) is 40.0 Å². The molecule has 0 saturated carbocycles. The quantitative estimate of drug-likeness (QED) is 0.0527. The molecule has 0 aromatic carbocycles. The van der Waals surface area contributed by atoms with Gasteiger partial charge in [0.2, 0.25) is 5.43 Å². The van der Waals surface area contributed by atoms with Crippen molar-refractivity contribution in [1.82, 2.24) is 33.9 Å². The first kappa shape index (κ1) is 41.6. The van der Waals surface area contributed by atoms with Gasteiger partial charge in [-0.25, -0.2) is 18.2 Å². The summed E-state index contributed by atoms with van der Waals surface area (Å²) in [6.45, 7) is 2.34. The van der Waals surface area contributed by atoms with E-state index in [2.05, 4.69) is 30.3 Å². The van der Waals surface area contributed by atoms with Gasteiger partial charge in [-0.15, -0.1) is 16.4 Å². The van der Waals surface area contributed by atoms with E-state index in [1.54, 1.807) is 0 Å². The molecule has 1 fully saturated rings. The van der Waals surface area contributed by atoms with Gasteiger partial charge in [-0.3, -0.25) is 23.7 Å². The predicted octanol–water partition coefficient (Wildman–Crippen LogP) is -9.60. The summed E-state index contributed by atoms with van der Waals surface area (Å²) in [5.74, 6) is -5.05. The molecule has 1 aliphatic heterocycles. The molecule has 0 spiro atoms. The number of aliphatic hydroxyl groups excluding tert-OH is 1. The largest absolute Gasteiger partial charge is 1.00 e. The van der Waals surface area contributed by atoms with Gasteiger partial charge in [0, 0.05) is 17.6 Å². The van der Waals surface area contributed by atoms with Crippen molar-refractivity contribution in [2.24, 2.45) is 5.16 Å². The Morgan fingerprint density at radius 3 is 2.49 bits per heavy atom. The maximum absolute atomic E-state index is 13.0. The molecule has 3 aromatic rings. The molecule has 1 aliphatic rings. The Morgan fingerprint density at radius 2 is 1.96 bits per heavy atom. The van der Waals surface area contributed by atoms with Gasteiger partial charge >= 0.3 is 64.8 Å². The first-order chi connectivity index (χ1) is 21.8. The molecule has 2 atom stereocenters. The summed E-state index contributed by atoms with van der Waals surface area (Å²) in [5, 5.41) is 41.2. The summed E-state index contributed by atoms with van der Waals surface area (Å²) in [6.07, 6.45) is -0.366. The van der Waals surface area contributed by atoms with Gasteiger partial charge in [-0.2, -0.15) is 0 Å². The van der Waals surface area contributed by atoms with Crippen LogP contribution >= 0.6 is 11.3 Å². The number of aromatic nitrogens is 5. The molecule has 22 nitrogen and oxygen atoms in total. The fourth-order valence-corrected chi connectivity index (χ4v) is 5.06. The topological polar surface area (TPSA) is 328 Å². The van der Waals surface area contributed by atoms with E-state index < -0.39 is 93.3 Å². The molecule has 4 heterocycles. The van der Waals surface area contributed by atoms with E-state index in [1.807, 2.05) is 0 Å². The zero-order valence-corrected chi connectivity index (χ0v) is 31.9. The van der Waals surface area contributed by atoms with E-state index in [4.69, 9.17) is 10.6 Å². The summed E-state index contributed by atoms with van der Waals surface area (Å²) >= 11 is 0.906. The second kappa shape index (κ2) is 15.9. The number of β-lactam (4-membered cyclic amide) rings is 1. The van der Waals surface area contributed by atoms with Crippen LogP contribution in [0.2, 0.25) is 0 Å². The molecule has 0 unspecified atom stereocenters. The van der Waals surface area contributed by atoms with Crippen LogP contribution in [0.4, 0.5) is 9.93 Å². The number of nitrogens with two attached hydrogens (primary N) is 1. The number of likely N-dealkylation sites (tertiary alicyclic amines) is 1. The standard InChI is InChI=1S/C23H26N10O12S2.2Na/c1-9(34)6-31-16(10-4-13(35)14(36)5-25-10)28-33(22(31)42)47(43,44)30-21(41)32-7-11(18(32)38)26-17(37)15(12-8-46-20(24)27-12)29-45-23(2,3)19(39)40;;/h4-5,8-9,11,34H,6-7H2,1-3H3,(H7,24,25,26,27,28,29,30,35,36,37,39,40,41);;/q;2*+1/p-2/t9-,11-;;/m0../s1. The third-order valence-corrected chi connectivity index (χ3v) is 7.87. The SMILES string of the molecule is C[C@H](O)Cn1c(-c2cc(=O)c(O)c[nH]2)nn(S(=O)(=O)[N-]C(=O)N2C[C@H](NC(=O)/C(=N\OC(C)(C)C(=O)[O-])c3csc(N)n3)C2=O)c1=O.[Na+].[Na+]. The molecule has 0 aliphatic carbocycles. The number of pyridine rings is 1. The maximum Gasteiger partial charge on any atom is 1.00 e. The minimum atomic E-state index is -5.28. The van der Waals surface area contributed by atoms with Gasteiger partial charge in [0.1, 0.15) is 5.69 Å². The molecule has 4 rings (SSSR count). The predicted molar refractivity (Wildman–Crippen MR) is 156 cm³/mol. The molecular formula is C23H24N10Na2O12S2. The Kier molecular flexibility index (Phi) is 13.5. The number of oxime groups is 1. The number of aromatic amines is 1. The minimum absolute atomic E-state index is 0. The Balaban J connectivity index is 0.00000417. The number of hydrogen-bond acceptors (Lipinski definition) is 17. The van der Waals surface area contributed by atoms with Crippen molar-refractivity contribution >= 4 is 56.2 Å². The zero-order valence-electron chi connectivity index (χ0n) is 26.3. The third kappa shape index (κ3) is 9.14. The van der Waals surface area contributed by atoms with E-state index in [1.165, 1.54) is 12.3 Å². The number of nitrogens with one attached hydrogen (secondary N) is 2. The van der Waals surface area contributed by atoms with Gasteiger partial charge in [-0.05, 0) is 27.3 Å². The van der Waals surface area contributed by atoms with Crippen LogP contribution in [0.5, 0.6) is 5.75 Å². The summed E-state index contributed by atoms with van der Waals surface area (Å²) in [4.78, 5) is 86.0. The maximum atomic E-state index is 13.0. The summed E-state index contributed by atoms with van der Waals surface area (Å²) in [6, 6.07) is -2.26. The first-order valence-corrected chi connectivity index (χ1v) is 15.2. The number of H-pyrrole nitrogens is 1. The van der Waals surface area contributed by atoms with Crippen LogP contribution in [0.15, 0.2) is 32.4 Å². The number of hydrogen-bond donors (Lipinski definition) is 5. The van der Waals surface area contributed by atoms with Crippen LogP contribution < -0.4 is 86.4 Å². The molecule has 3 aromatic heterocycles. The number of urea groups is 1. The Morgan fingerprint density at radius 1 is 1.31 bits per heavy atom. The van der Waals surface area contributed by atoms with Crippen molar-refractivity contribution < 1.29 is 107 Å². The summed E-state index contributed by atoms with van der Waals surface area (Å²) < 4.78 is 29.3. The fraction of sp³-hybridized carbons (Fsp3) is 0.348. The van der Waals surface area contributed by atoms with Crippen LogP contribution in [0, 0.1) is 0 Å². The zero-order chi connectivity index (χ0) is 35.0. The molecule has 0 bridgehead atoms. The third-order valence-electron chi connectivity index (χ3n) is 6.13. The smallest absolute Gasteiger partial charge is 0.546 e. The molecule has 252 valence electrons. The Bertz CT molecular complexity index is 2040. The van der Waals surface area contributed by atoms with E-state index in [0.717, 1.165) is 37.4 Å². The number of anilines is 1. The number of rotatable bonds is 11. The number of aliphatic hydroxyl groups is 1. The molecule has 1 saturated heterocycles. The summed E-state index contributed by atoms with van der Waals surface area (Å²) in [5.41, 5.74) is 0.334. The van der Waals surface area contributed by atoms with E-state index in [0.29, 0.717) is 9.47 Å². The van der Waals surface area contributed by atoms with Crippen LogP contribution in [-0.4, -0.2) is 101 Å². The van der Waals surface area contributed by atoms with E-state index in [9.17, 15) is 52.5 Å². The number of carboxylic acids is 1. The number of carboxylic acid groups (broad SMARTS) is 1. The van der Waals surface area contributed by atoms with Crippen molar-refractivity contribution in [3.63, 3.8) is 0 Å². The van der Waals surface area contributed by atoms with Crippen molar-refractivity contribution in [2.45, 2.75) is 45.1 Å². The molecule has 0 radical (unpaired) electrons. The van der Waals surface area contributed by atoms with Crippen molar-refractivity contribution in [3.05, 3.63) is 48.8 Å². The van der Waals surface area contributed by atoms with E-state index >= 15 is 0 Å². The molecular weight excluding hydrogens is 718 g/mol. The average molecular weight is 743 g/mol. The van der Waals surface area contributed by atoms with E-state index in [-0.39, 0.29) is 79.7 Å². The minimum Gasteiger partial charge on any atom is -0.546 e. The van der Waals surface area contributed by atoms with Crippen LogP contribution in [0.1, 0.15) is 26.5 Å². The average Bonchev–Trinajstić information content (AvgIpc) is 3.54. The number of thiazole rings is 1. The molecule has 49 heavy (non-hydrogen) atoms. The molecule has 4 amide bonds.